The maximum atomic E-state index is 12.7. The lowest BCUT2D eigenvalue weighted by atomic mass is 9.83. The van der Waals surface area contributed by atoms with Crippen molar-refractivity contribution in [3.8, 4) is 0 Å². The lowest BCUT2D eigenvalue weighted by molar-refractivity contribution is -0.114. The molecule has 5 aliphatic rings. The molecular formula is C41H48N4O4. The Labute approximate surface area is 289 Å². The number of fused-ring (bicyclic) bond motifs is 2. The molecule has 49 heavy (non-hydrogen) atoms. The predicted octanol–water partition coefficient (Wildman–Crippen LogP) is 6.95. The zero-order valence-corrected chi connectivity index (χ0v) is 28.5. The van der Waals surface area contributed by atoms with Gasteiger partial charge in [-0.1, -0.05) is 81.0 Å². The molecule has 8 heteroatoms. The van der Waals surface area contributed by atoms with Crippen LogP contribution < -0.4 is 10.2 Å². The van der Waals surface area contributed by atoms with E-state index in [1.165, 1.54) is 80.9 Å². The molecule has 3 fully saturated rings. The summed E-state index contributed by atoms with van der Waals surface area (Å²) < 4.78 is 0. The van der Waals surface area contributed by atoms with Crippen LogP contribution in [0.2, 0.25) is 0 Å². The molecule has 1 N–H and O–H groups in total. The van der Waals surface area contributed by atoms with Gasteiger partial charge in [-0.3, -0.25) is 29.0 Å². The molecule has 0 unspecified atom stereocenters. The van der Waals surface area contributed by atoms with Crippen LogP contribution in [0.5, 0.6) is 0 Å². The van der Waals surface area contributed by atoms with Crippen molar-refractivity contribution in [2.24, 2.45) is 0 Å². The van der Waals surface area contributed by atoms with E-state index in [0.29, 0.717) is 35.2 Å². The van der Waals surface area contributed by atoms with Crippen molar-refractivity contribution in [2.45, 2.75) is 82.6 Å². The average molecular weight is 661 g/mol. The molecule has 3 aliphatic heterocycles. The van der Waals surface area contributed by atoms with E-state index in [1.807, 2.05) is 30.3 Å². The Morgan fingerprint density at radius 1 is 0.592 bits per heavy atom. The number of nitrogens with one attached hydrogen (secondary N) is 1. The van der Waals surface area contributed by atoms with Gasteiger partial charge in [0, 0.05) is 45.8 Å². The smallest absolute Gasteiger partial charge is 0.299 e. The molecule has 2 saturated carbocycles. The first-order valence-corrected chi connectivity index (χ1v) is 18.4. The van der Waals surface area contributed by atoms with Crippen LogP contribution in [0.15, 0.2) is 66.7 Å². The number of benzene rings is 3. The summed E-state index contributed by atoms with van der Waals surface area (Å²) in [7, 11) is 0. The van der Waals surface area contributed by atoms with Crippen molar-refractivity contribution in [3.05, 3.63) is 94.5 Å². The molecule has 2 aliphatic carbocycles. The van der Waals surface area contributed by atoms with Crippen LogP contribution in [0, 0.1) is 0 Å². The van der Waals surface area contributed by atoms with Gasteiger partial charge in [0.25, 0.3) is 23.4 Å². The van der Waals surface area contributed by atoms with Crippen LogP contribution in [0.25, 0.3) is 0 Å². The third kappa shape index (κ3) is 7.55. The number of Topliss-reactive ketones (excluding diaryl/α,β-unsaturated/α-hetero) is 2. The van der Waals surface area contributed by atoms with Crippen molar-refractivity contribution in [2.75, 3.05) is 49.5 Å². The summed E-state index contributed by atoms with van der Waals surface area (Å²) >= 11 is 0. The third-order valence-electron chi connectivity index (χ3n) is 11.2. The summed E-state index contributed by atoms with van der Waals surface area (Å²) in [5.74, 6) is -0.469. The van der Waals surface area contributed by atoms with Crippen molar-refractivity contribution < 1.29 is 19.2 Å². The van der Waals surface area contributed by atoms with Gasteiger partial charge >= 0.3 is 0 Å². The molecule has 0 spiro atoms. The quantitative estimate of drug-likeness (QED) is 0.276. The summed E-state index contributed by atoms with van der Waals surface area (Å²) in [5.41, 5.74) is 6.45. The first-order valence-electron chi connectivity index (χ1n) is 18.4. The highest BCUT2D eigenvalue weighted by Crippen LogP contribution is 2.38. The van der Waals surface area contributed by atoms with Gasteiger partial charge in [-0.2, -0.15) is 0 Å². The van der Waals surface area contributed by atoms with E-state index in [0.717, 1.165) is 45.0 Å². The van der Waals surface area contributed by atoms with Crippen LogP contribution in [-0.2, 0) is 16.1 Å². The molecule has 256 valence electrons. The van der Waals surface area contributed by atoms with Crippen molar-refractivity contribution in [1.82, 2.24) is 9.80 Å². The van der Waals surface area contributed by atoms with Crippen LogP contribution in [0.1, 0.15) is 113 Å². The Morgan fingerprint density at radius 3 is 1.84 bits per heavy atom. The second-order valence-corrected chi connectivity index (χ2v) is 14.4. The number of ketones is 2. The maximum Gasteiger partial charge on any atom is 0.299 e. The largest absolute Gasteiger partial charge is 0.318 e. The number of nitrogens with zero attached hydrogens (tertiary/aromatic N) is 3. The van der Waals surface area contributed by atoms with Crippen LogP contribution in [-0.4, -0.2) is 72.4 Å². The van der Waals surface area contributed by atoms with Crippen LogP contribution >= 0.6 is 0 Å². The highest BCUT2D eigenvalue weighted by Gasteiger charge is 2.36. The summed E-state index contributed by atoms with van der Waals surface area (Å²) in [6.07, 6.45) is 12.5. The number of carbonyl (C=O) groups excluding carboxylic acids is 4. The molecule has 3 aromatic rings. The van der Waals surface area contributed by atoms with E-state index < -0.39 is 11.7 Å². The summed E-state index contributed by atoms with van der Waals surface area (Å²) in [6, 6.07) is 22.6. The van der Waals surface area contributed by atoms with Crippen molar-refractivity contribution >= 4 is 34.8 Å². The Kier molecular flexibility index (Phi) is 10.3. The summed E-state index contributed by atoms with van der Waals surface area (Å²) in [6.45, 7) is 6.43. The minimum Gasteiger partial charge on any atom is -0.318 e. The van der Waals surface area contributed by atoms with Crippen LogP contribution in [0.4, 0.5) is 11.4 Å². The third-order valence-corrected chi connectivity index (χ3v) is 11.2. The van der Waals surface area contributed by atoms with E-state index in [2.05, 4.69) is 51.5 Å². The highest BCUT2D eigenvalue weighted by atomic mass is 16.2. The molecule has 0 bridgehead atoms. The maximum absolute atomic E-state index is 12.7. The van der Waals surface area contributed by atoms with E-state index >= 15 is 0 Å². The summed E-state index contributed by atoms with van der Waals surface area (Å²) in [5, 5.41) is 2.59. The number of rotatable bonds is 7. The average Bonchev–Trinajstić information content (AvgIpc) is 3.58. The van der Waals surface area contributed by atoms with Crippen LogP contribution in [0.3, 0.4) is 0 Å². The number of carbonyl (C=O) groups is 4. The minimum atomic E-state index is -0.499. The molecule has 3 heterocycles. The van der Waals surface area contributed by atoms with Gasteiger partial charge in [-0.25, -0.2) is 0 Å². The molecule has 8 nitrogen and oxygen atoms in total. The van der Waals surface area contributed by atoms with Crippen molar-refractivity contribution in [1.29, 1.82) is 0 Å². The number of anilines is 2. The van der Waals surface area contributed by atoms with E-state index in [9.17, 15) is 19.2 Å². The zero-order chi connectivity index (χ0) is 33.7. The molecule has 8 rings (SSSR count). The number of hydrogen-bond acceptors (Lipinski definition) is 6. The molecule has 0 radical (unpaired) electrons. The second-order valence-electron chi connectivity index (χ2n) is 14.4. The Bertz CT molecular complexity index is 1680. The standard InChI is InChI=1S/C27H33N3O2.C14H15NO2/c31-26-24-19-23(22-9-5-2-6-10-22)11-12-25(24)30(27(26)32)18-17-28-13-15-29(16-14-28)20-21-7-3-1-4-8-21;16-13-11-8-10(9-4-2-1-3-5-9)6-7-12(11)15-14(13)17/h1,3-4,7-8,11-12,19,22H,2,5-6,9-10,13-18,20H2;6-9H,1-5H2,(H,15,16,17). The lowest BCUT2D eigenvalue weighted by Crippen LogP contribution is -2.48. The fourth-order valence-electron chi connectivity index (χ4n) is 8.33. The fraction of sp³-hybridized carbons (Fsp3) is 0.463. The molecule has 0 aromatic heterocycles. The molecule has 3 aromatic carbocycles. The molecule has 0 atom stereocenters. The molecule has 2 amide bonds. The number of hydrogen-bond donors (Lipinski definition) is 1. The van der Waals surface area contributed by atoms with E-state index in [4.69, 9.17) is 0 Å². The summed E-state index contributed by atoms with van der Waals surface area (Å²) in [4.78, 5) is 54.9. The monoisotopic (exact) mass is 660 g/mol. The Balaban J connectivity index is 0.000000186. The Hall–Kier alpha value is -4.14. The SMILES string of the molecule is O=C1C(=O)N(CCN2CCN(Cc3ccccc3)CC2)c2ccc(C3CCCCC3)cc21.O=C1Nc2ccc(C3CCCCC3)cc2C1=O. The van der Waals surface area contributed by atoms with Gasteiger partial charge in [0.2, 0.25) is 0 Å². The van der Waals surface area contributed by atoms with Gasteiger partial charge in [0.1, 0.15) is 0 Å². The van der Waals surface area contributed by atoms with E-state index in [1.54, 1.807) is 4.90 Å². The van der Waals surface area contributed by atoms with Gasteiger partial charge in [-0.05, 0) is 78.5 Å². The van der Waals surface area contributed by atoms with Gasteiger partial charge < -0.3 is 10.2 Å². The lowest BCUT2D eigenvalue weighted by Gasteiger charge is -2.35. The number of piperazine rings is 1. The van der Waals surface area contributed by atoms with Gasteiger partial charge in [-0.15, -0.1) is 0 Å². The topological polar surface area (TPSA) is 90.0 Å². The van der Waals surface area contributed by atoms with E-state index in [-0.39, 0.29) is 11.7 Å². The Morgan fingerprint density at radius 2 is 1.18 bits per heavy atom. The fourth-order valence-corrected chi connectivity index (χ4v) is 8.33. The molecular weight excluding hydrogens is 612 g/mol. The first kappa shape index (κ1) is 33.4. The number of amides is 2. The minimum absolute atomic E-state index is 0.328. The second kappa shape index (κ2) is 15.2. The van der Waals surface area contributed by atoms with Gasteiger partial charge in [0.15, 0.2) is 0 Å². The molecule has 1 saturated heterocycles. The highest BCUT2D eigenvalue weighted by molar-refractivity contribution is 6.52. The van der Waals surface area contributed by atoms with Gasteiger partial charge in [0.05, 0.1) is 22.5 Å². The zero-order valence-electron chi connectivity index (χ0n) is 28.5. The first-order chi connectivity index (χ1) is 23.9. The predicted molar refractivity (Wildman–Crippen MR) is 192 cm³/mol. The normalized spacial score (nSPS) is 20.5. The van der Waals surface area contributed by atoms with Crippen molar-refractivity contribution in [3.63, 3.8) is 0 Å².